The van der Waals surface area contributed by atoms with Crippen molar-refractivity contribution in [2.45, 2.75) is 12.6 Å². The molecule has 0 unspecified atom stereocenters. The Bertz CT molecular complexity index is 1140. The average Bonchev–Trinajstić information content (AvgIpc) is 2.68. The van der Waals surface area contributed by atoms with Gasteiger partial charge in [0.05, 0.1) is 24.6 Å². The molecule has 8 heteroatoms. The van der Waals surface area contributed by atoms with E-state index in [4.69, 9.17) is 16.3 Å². The van der Waals surface area contributed by atoms with Crippen LogP contribution in [-0.4, -0.2) is 29.4 Å². The third kappa shape index (κ3) is 3.06. The van der Waals surface area contributed by atoms with Gasteiger partial charge in [-0.3, -0.25) is 9.59 Å². The van der Waals surface area contributed by atoms with Gasteiger partial charge < -0.3 is 14.6 Å². The molecule has 0 spiro atoms. The molecule has 5 nitrogen and oxygen atoms in total. The third-order valence-corrected chi connectivity index (χ3v) is 5.17. The number of amides is 1. The standard InChI is InChI=1S/C20H15ClF2N2O3/c1-25(20(27)10-2-4-11(21)5-3-10)17-9-28-8-16-18(17)12-6-14(22)15(23)7-13(12)19(26)24-16/h2-7,17H,8-9H2,1H3,(H,24,26)/t17-/m1/s1. The molecule has 0 bridgehead atoms. The van der Waals surface area contributed by atoms with Crippen LogP contribution in [0.25, 0.3) is 10.8 Å². The maximum absolute atomic E-state index is 13.9. The summed E-state index contributed by atoms with van der Waals surface area (Å²) in [6, 6.07) is 7.71. The SMILES string of the molecule is CN(C(=O)c1ccc(Cl)cc1)[C@@H]1COCc2[nH]c(=O)c3cc(F)c(F)cc3c21. The first kappa shape index (κ1) is 18.6. The van der Waals surface area contributed by atoms with Gasteiger partial charge in [-0.05, 0) is 41.8 Å². The van der Waals surface area contributed by atoms with Crippen molar-refractivity contribution < 1.29 is 18.3 Å². The van der Waals surface area contributed by atoms with Crippen molar-refractivity contribution in [3.63, 3.8) is 0 Å². The summed E-state index contributed by atoms with van der Waals surface area (Å²) in [6.45, 7) is 0.266. The second kappa shape index (κ2) is 7.00. The van der Waals surface area contributed by atoms with Gasteiger partial charge in [-0.15, -0.1) is 0 Å². The number of H-pyrrole nitrogens is 1. The number of hydrogen-bond donors (Lipinski definition) is 1. The van der Waals surface area contributed by atoms with E-state index in [9.17, 15) is 18.4 Å². The van der Waals surface area contributed by atoms with Crippen molar-refractivity contribution in [1.29, 1.82) is 0 Å². The summed E-state index contributed by atoms with van der Waals surface area (Å²) in [6.07, 6.45) is 0. The number of fused-ring (bicyclic) bond motifs is 3. The van der Waals surface area contributed by atoms with Crippen LogP contribution in [-0.2, 0) is 11.3 Å². The Balaban J connectivity index is 1.84. The van der Waals surface area contributed by atoms with Crippen LogP contribution in [0, 0.1) is 11.6 Å². The fourth-order valence-corrected chi connectivity index (χ4v) is 3.61. The van der Waals surface area contributed by atoms with E-state index in [0.29, 0.717) is 21.8 Å². The van der Waals surface area contributed by atoms with Gasteiger partial charge in [0, 0.05) is 28.9 Å². The number of likely N-dealkylation sites (N-methyl/N-ethyl adjacent to an activating group) is 1. The lowest BCUT2D eigenvalue weighted by molar-refractivity contribution is 0.0335. The minimum absolute atomic E-state index is 0.0249. The molecule has 1 aliphatic heterocycles. The van der Waals surface area contributed by atoms with E-state index >= 15 is 0 Å². The van der Waals surface area contributed by atoms with Crippen molar-refractivity contribution in [1.82, 2.24) is 9.88 Å². The van der Waals surface area contributed by atoms with Crippen LogP contribution in [0.2, 0.25) is 5.02 Å². The molecule has 28 heavy (non-hydrogen) atoms. The second-order valence-corrected chi connectivity index (χ2v) is 7.05. The smallest absolute Gasteiger partial charge is 0.256 e. The van der Waals surface area contributed by atoms with Crippen molar-refractivity contribution in [3.8, 4) is 0 Å². The molecule has 0 fully saturated rings. The Labute approximate surface area is 163 Å². The lowest BCUT2D eigenvalue weighted by Crippen LogP contribution is -2.37. The van der Waals surface area contributed by atoms with E-state index in [-0.39, 0.29) is 29.9 Å². The number of carbonyl (C=O) groups is 1. The van der Waals surface area contributed by atoms with Gasteiger partial charge in [-0.25, -0.2) is 8.78 Å². The van der Waals surface area contributed by atoms with Crippen molar-refractivity contribution in [2.75, 3.05) is 13.7 Å². The summed E-state index contributed by atoms with van der Waals surface area (Å²) in [5.41, 5.74) is 0.869. The maximum atomic E-state index is 13.9. The number of benzene rings is 2. The summed E-state index contributed by atoms with van der Waals surface area (Å²) in [7, 11) is 1.59. The molecule has 3 aromatic rings. The predicted octanol–water partition coefficient (Wildman–Crippen LogP) is 3.80. The number of carbonyl (C=O) groups excluding carboxylic acids is 1. The number of nitrogens with zero attached hydrogens (tertiary/aromatic N) is 1. The number of halogens is 3. The molecule has 2 heterocycles. The molecular weight excluding hydrogens is 390 g/mol. The Kier molecular flexibility index (Phi) is 4.64. The maximum Gasteiger partial charge on any atom is 0.256 e. The van der Waals surface area contributed by atoms with Gasteiger partial charge in [-0.1, -0.05) is 11.6 Å². The van der Waals surface area contributed by atoms with Crippen molar-refractivity contribution >= 4 is 28.3 Å². The highest BCUT2D eigenvalue weighted by Crippen LogP contribution is 2.34. The molecule has 1 atom stereocenters. The van der Waals surface area contributed by atoms with E-state index in [1.54, 1.807) is 31.3 Å². The summed E-state index contributed by atoms with van der Waals surface area (Å²) >= 11 is 5.87. The average molecular weight is 405 g/mol. The first-order valence-corrected chi connectivity index (χ1v) is 8.89. The van der Waals surface area contributed by atoms with Crippen molar-refractivity contribution in [2.24, 2.45) is 0 Å². The molecule has 144 valence electrons. The van der Waals surface area contributed by atoms with E-state index < -0.39 is 23.2 Å². The van der Waals surface area contributed by atoms with Crippen LogP contribution in [0.4, 0.5) is 8.78 Å². The normalized spacial score (nSPS) is 16.1. The van der Waals surface area contributed by atoms with E-state index in [1.165, 1.54) is 4.90 Å². The Morgan fingerprint density at radius 1 is 1.18 bits per heavy atom. The molecule has 0 saturated carbocycles. The fourth-order valence-electron chi connectivity index (χ4n) is 3.49. The first-order valence-electron chi connectivity index (χ1n) is 8.51. The molecule has 0 saturated heterocycles. The largest absolute Gasteiger partial charge is 0.373 e. The summed E-state index contributed by atoms with van der Waals surface area (Å²) in [5.74, 6) is -2.45. The zero-order valence-corrected chi connectivity index (χ0v) is 15.5. The zero-order valence-electron chi connectivity index (χ0n) is 14.8. The molecule has 2 aromatic carbocycles. The van der Waals surface area contributed by atoms with Crippen LogP contribution in [0.1, 0.15) is 27.7 Å². The highest BCUT2D eigenvalue weighted by molar-refractivity contribution is 6.30. The van der Waals surface area contributed by atoms with Crippen LogP contribution in [0.5, 0.6) is 0 Å². The molecule has 1 aromatic heterocycles. The van der Waals surface area contributed by atoms with Crippen LogP contribution in [0.3, 0.4) is 0 Å². The number of ether oxygens (including phenoxy) is 1. The number of aromatic amines is 1. The highest BCUT2D eigenvalue weighted by atomic mass is 35.5. The van der Waals surface area contributed by atoms with Crippen LogP contribution in [0.15, 0.2) is 41.2 Å². The number of pyridine rings is 1. The van der Waals surface area contributed by atoms with E-state index in [1.807, 2.05) is 0 Å². The van der Waals surface area contributed by atoms with Gasteiger partial charge in [0.1, 0.15) is 0 Å². The van der Waals surface area contributed by atoms with Crippen LogP contribution >= 0.6 is 11.6 Å². The third-order valence-electron chi connectivity index (χ3n) is 4.92. The second-order valence-electron chi connectivity index (χ2n) is 6.61. The van der Waals surface area contributed by atoms with Gasteiger partial charge >= 0.3 is 0 Å². The van der Waals surface area contributed by atoms with E-state index in [2.05, 4.69) is 4.98 Å². The number of nitrogens with one attached hydrogen (secondary N) is 1. The Hall–Kier alpha value is -2.77. The highest BCUT2D eigenvalue weighted by Gasteiger charge is 2.31. The predicted molar refractivity (Wildman–Crippen MR) is 100 cm³/mol. The molecular formula is C20H15ClF2N2O3. The lowest BCUT2D eigenvalue weighted by atomic mass is 9.95. The molecule has 1 N–H and O–H groups in total. The van der Waals surface area contributed by atoms with E-state index in [0.717, 1.165) is 12.1 Å². The molecule has 1 aliphatic rings. The Morgan fingerprint density at radius 3 is 2.50 bits per heavy atom. The number of hydrogen-bond acceptors (Lipinski definition) is 3. The molecule has 0 radical (unpaired) electrons. The minimum atomic E-state index is -1.10. The minimum Gasteiger partial charge on any atom is -0.373 e. The molecule has 4 rings (SSSR count). The summed E-state index contributed by atoms with van der Waals surface area (Å²) in [5, 5.41) is 0.796. The zero-order chi connectivity index (χ0) is 20.0. The van der Waals surface area contributed by atoms with Crippen LogP contribution < -0.4 is 5.56 Å². The Morgan fingerprint density at radius 2 is 1.82 bits per heavy atom. The summed E-state index contributed by atoms with van der Waals surface area (Å²) in [4.78, 5) is 29.3. The molecule has 1 amide bonds. The fraction of sp³-hybridized carbons (Fsp3) is 0.200. The number of rotatable bonds is 2. The van der Waals surface area contributed by atoms with Gasteiger partial charge in [0.15, 0.2) is 11.6 Å². The number of aromatic nitrogens is 1. The van der Waals surface area contributed by atoms with Crippen molar-refractivity contribution in [3.05, 3.63) is 80.2 Å². The van der Waals surface area contributed by atoms with Gasteiger partial charge in [0.2, 0.25) is 0 Å². The first-order chi connectivity index (χ1) is 13.4. The lowest BCUT2D eigenvalue weighted by Gasteiger charge is -2.34. The topological polar surface area (TPSA) is 62.4 Å². The van der Waals surface area contributed by atoms with Gasteiger partial charge in [0.25, 0.3) is 11.5 Å². The van der Waals surface area contributed by atoms with Gasteiger partial charge in [-0.2, -0.15) is 0 Å². The monoisotopic (exact) mass is 404 g/mol. The molecule has 0 aliphatic carbocycles. The summed E-state index contributed by atoms with van der Waals surface area (Å²) < 4.78 is 33.1. The quantitative estimate of drug-likeness (QED) is 0.706.